The van der Waals surface area contributed by atoms with Crippen molar-refractivity contribution in [3.63, 3.8) is 0 Å². The van der Waals surface area contributed by atoms with Crippen molar-refractivity contribution in [2.75, 3.05) is 13.7 Å². The molecule has 3 rings (SSSR count). The molecule has 1 heterocycles. The molecule has 152 valence electrons. The second kappa shape index (κ2) is 8.95. The summed E-state index contributed by atoms with van der Waals surface area (Å²) in [5, 5.41) is 4.78. The zero-order chi connectivity index (χ0) is 20.9. The highest BCUT2D eigenvalue weighted by molar-refractivity contribution is 5.89. The number of methoxy groups -OCH3 is 1. The molecule has 1 aromatic heterocycles. The van der Waals surface area contributed by atoms with Crippen LogP contribution in [0.4, 0.5) is 0 Å². The smallest absolute Gasteiger partial charge is 0.337 e. The normalized spacial score (nSPS) is 13.7. The van der Waals surface area contributed by atoms with Crippen molar-refractivity contribution in [2.45, 2.75) is 39.2 Å². The average molecular weight is 392 g/mol. The number of carbonyl (C=O) groups excluding carboxylic acids is 1. The number of allylic oxidation sites excluding steroid dienone is 4. The van der Waals surface area contributed by atoms with E-state index in [1.54, 1.807) is 12.1 Å². The van der Waals surface area contributed by atoms with Gasteiger partial charge in [0.1, 0.15) is 6.61 Å². The van der Waals surface area contributed by atoms with Gasteiger partial charge in [-0.1, -0.05) is 63.3 Å². The molecule has 1 aromatic carbocycles. The van der Waals surface area contributed by atoms with Crippen molar-refractivity contribution < 1.29 is 14.3 Å². The van der Waals surface area contributed by atoms with Crippen LogP contribution in [0.1, 0.15) is 48.8 Å². The topological polar surface area (TPSA) is 53.4 Å². The summed E-state index contributed by atoms with van der Waals surface area (Å²) in [6.07, 6.45) is 11.4. The Hall–Kier alpha value is -3.08. The Morgan fingerprint density at radius 3 is 2.62 bits per heavy atom. The second-order valence-corrected chi connectivity index (χ2v) is 8.06. The summed E-state index contributed by atoms with van der Waals surface area (Å²) < 4.78 is 12.8. The molecule has 5 nitrogen and oxygen atoms in total. The number of nitrogens with zero attached hydrogens (tertiary/aromatic N) is 2. The summed E-state index contributed by atoms with van der Waals surface area (Å²) >= 11 is 0. The molecule has 5 heteroatoms. The van der Waals surface area contributed by atoms with Crippen LogP contribution in [0, 0.1) is 0 Å². The molecule has 2 aromatic rings. The number of esters is 1. The quantitative estimate of drug-likeness (QED) is 0.660. The standard InChI is InChI=1S/C24H28N2O3/c1-24(2,3)21-15-22(29-17-19-9-7-5-6-8-10-19)26(25-21)16-18-11-13-20(14-12-18)23(27)28-4/h5,7-15H,6,16-17H2,1-4H3. The highest BCUT2D eigenvalue weighted by Crippen LogP contribution is 2.26. The van der Waals surface area contributed by atoms with Crippen molar-refractivity contribution in [1.29, 1.82) is 0 Å². The lowest BCUT2D eigenvalue weighted by atomic mass is 9.93. The molecule has 0 atom stereocenters. The van der Waals surface area contributed by atoms with Crippen LogP contribution in [-0.2, 0) is 16.7 Å². The maximum atomic E-state index is 11.6. The lowest BCUT2D eigenvalue weighted by Gasteiger charge is -2.14. The van der Waals surface area contributed by atoms with Gasteiger partial charge in [0.15, 0.2) is 0 Å². The molecule has 0 saturated carbocycles. The maximum absolute atomic E-state index is 11.6. The van der Waals surface area contributed by atoms with Crippen LogP contribution in [0.3, 0.4) is 0 Å². The first kappa shape index (κ1) is 20.6. The van der Waals surface area contributed by atoms with Gasteiger partial charge in [-0.15, -0.1) is 0 Å². The summed E-state index contributed by atoms with van der Waals surface area (Å²) in [6, 6.07) is 9.37. The summed E-state index contributed by atoms with van der Waals surface area (Å²) in [5.74, 6) is 0.392. The van der Waals surface area contributed by atoms with Gasteiger partial charge in [0, 0.05) is 11.5 Å². The third-order valence-corrected chi connectivity index (χ3v) is 4.66. The van der Waals surface area contributed by atoms with Crippen LogP contribution in [0.15, 0.2) is 66.3 Å². The first-order chi connectivity index (χ1) is 13.9. The Bertz CT molecular complexity index is 941. The van der Waals surface area contributed by atoms with Gasteiger partial charge in [0.25, 0.3) is 0 Å². The van der Waals surface area contributed by atoms with Crippen LogP contribution in [0.2, 0.25) is 0 Å². The van der Waals surface area contributed by atoms with Crippen molar-refractivity contribution in [3.05, 3.63) is 83.1 Å². The van der Waals surface area contributed by atoms with E-state index in [1.807, 2.05) is 22.9 Å². The molecule has 0 bridgehead atoms. The zero-order valence-electron chi connectivity index (χ0n) is 17.5. The number of aromatic nitrogens is 2. The number of hydrogen-bond acceptors (Lipinski definition) is 4. The van der Waals surface area contributed by atoms with E-state index < -0.39 is 0 Å². The Labute approximate surface area is 172 Å². The molecular formula is C24H28N2O3. The molecule has 1 aliphatic carbocycles. The molecule has 0 N–H and O–H groups in total. The van der Waals surface area contributed by atoms with E-state index in [0.717, 1.165) is 29.1 Å². The van der Waals surface area contributed by atoms with Crippen LogP contribution in [0.5, 0.6) is 5.88 Å². The SMILES string of the molecule is COC(=O)c1ccc(Cn2nc(C(C)(C)C)cc2OCC2=CC=CCC=C2)cc1. The number of hydrogen-bond donors (Lipinski definition) is 0. The molecule has 0 radical (unpaired) electrons. The fourth-order valence-corrected chi connectivity index (χ4v) is 2.91. The third kappa shape index (κ3) is 5.47. The Kier molecular flexibility index (Phi) is 6.37. The third-order valence-electron chi connectivity index (χ3n) is 4.66. The Balaban J connectivity index is 1.80. The minimum Gasteiger partial charge on any atom is -0.473 e. The van der Waals surface area contributed by atoms with Crippen molar-refractivity contribution >= 4 is 5.97 Å². The maximum Gasteiger partial charge on any atom is 0.337 e. The second-order valence-electron chi connectivity index (χ2n) is 8.06. The van der Waals surface area contributed by atoms with E-state index in [-0.39, 0.29) is 11.4 Å². The molecule has 29 heavy (non-hydrogen) atoms. The lowest BCUT2D eigenvalue weighted by Crippen LogP contribution is -2.13. The predicted octanol–water partition coefficient (Wildman–Crippen LogP) is 4.84. The van der Waals surface area contributed by atoms with E-state index in [0.29, 0.717) is 18.7 Å². The van der Waals surface area contributed by atoms with Gasteiger partial charge in [-0.05, 0) is 29.7 Å². The molecule has 0 fully saturated rings. The minimum absolute atomic E-state index is 0.0810. The molecule has 0 amide bonds. The van der Waals surface area contributed by atoms with Crippen LogP contribution in [-0.4, -0.2) is 29.5 Å². The lowest BCUT2D eigenvalue weighted by molar-refractivity contribution is 0.0600. The van der Waals surface area contributed by atoms with Gasteiger partial charge >= 0.3 is 5.97 Å². The highest BCUT2D eigenvalue weighted by Gasteiger charge is 2.21. The predicted molar refractivity (Wildman–Crippen MR) is 114 cm³/mol. The van der Waals surface area contributed by atoms with Crippen LogP contribution >= 0.6 is 0 Å². The number of benzene rings is 1. The first-order valence-corrected chi connectivity index (χ1v) is 9.77. The molecule has 0 unspecified atom stereocenters. The van der Waals surface area contributed by atoms with E-state index in [1.165, 1.54) is 7.11 Å². The molecule has 1 aliphatic rings. The molecular weight excluding hydrogens is 364 g/mol. The fourth-order valence-electron chi connectivity index (χ4n) is 2.91. The molecule has 0 aliphatic heterocycles. The Morgan fingerprint density at radius 2 is 1.93 bits per heavy atom. The highest BCUT2D eigenvalue weighted by atomic mass is 16.5. The van der Waals surface area contributed by atoms with E-state index in [2.05, 4.69) is 51.2 Å². The van der Waals surface area contributed by atoms with Gasteiger partial charge in [-0.25, -0.2) is 9.48 Å². The first-order valence-electron chi connectivity index (χ1n) is 9.77. The summed E-state index contributed by atoms with van der Waals surface area (Å²) in [7, 11) is 1.38. The summed E-state index contributed by atoms with van der Waals surface area (Å²) in [4.78, 5) is 11.6. The zero-order valence-corrected chi connectivity index (χ0v) is 17.5. The van der Waals surface area contributed by atoms with Crippen molar-refractivity contribution in [3.8, 4) is 5.88 Å². The van der Waals surface area contributed by atoms with Gasteiger partial charge < -0.3 is 9.47 Å². The van der Waals surface area contributed by atoms with Crippen molar-refractivity contribution in [2.24, 2.45) is 0 Å². The van der Waals surface area contributed by atoms with Crippen LogP contribution in [0.25, 0.3) is 0 Å². The fraction of sp³-hybridized carbons (Fsp3) is 0.333. The van der Waals surface area contributed by atoms with Gasteiger partial charge in [-0.3, -0.25) is 0 Å². The van der Waals surface area contributed by atoms with Gasteiger partial charge in [0.2, 0.25) is 5.88 Å². The average Bonchev–Trinajstić information content (AvgIpc) is 2.93. The summed E-state index contributed by atoms with van der Waals surface area (Å²) in [6.45, 7) is 7.45. The van der Waals surface area contributed by atoms with E-state index in [4.69, 9.17) is 14.6 Å². The van der Waals surface area contributed by atoms with Crippen molar-refractivity contribution in [1.82, 2.24) is 9.78 Å². The van der Waals surface area contributed by atoms with Crippen LogP contribution < -0.4 is 4.74 Å². The minimum atomic E-state index is -0.339. The Morgan fingerprint density at radius 1 is 1.17 bits per heavy atom. The monoisotopic (exact) mass is 392 g/mol. The number of rotatable bonds is 6. The van der Waals surface area contributed by atoms with Gasteiger partial charge in [0.05, 0.1) is 24.9 Å². The molecule has 0 saturated heterocycles. The largest absolute Gasteiger partial charge is 0.473 e. The van der Waals surface area contributed by atoms with E-state index in [9.17, 15) is 4.79 Å². The number of ether oxygens (including phenoxy) is 2. The van der Waals surface area contributed by atoms with E-state index >= 15 is 0 Å². The summed E-state index contributed by atoms with van der Waals surface area (Å²) in [5.41, 5.74) is 3.57. The molecule has 0 spiro atoms. The number of carbonyl (C=O) groups is 1. The van der Waals surface area contributed by atoms with Gasteiger partial charge in [-0.2, -0.15) is 5.10 Å².